The molecule has 1 unspecified atom stereocenters. The minimum atomic E-state index is -0.329. The molecule has 0 bridgehead atoms. The summed E-state index contributed by atoms with van der Waals surface area (Å²) in [6, 6.07) is 3.02. The Labute approximate surface area is 98.7 Å². The van der Waals surface area contributed by atoms with Crippen LogP contribution < -0.4 is 5.32 Å². The highest BCUT2D eigenvalue weighted by molar-refractivity contribution is 6.29. The van der Waals surface area contributed by atoms with Gasteiger partial charge in [-0.3, -0.25) is 4.79 Å². The Morgan fingerprint density at radius 3 is 2.81 bits per heavy atom. The molecule has 0 saturated heterocycles. The van der Waals surface area contributed by atoms with Crippen molar-refractivity contribution in [2.24, 2.45) is 0 Å². The second kappa shape index (κ2) is 6.52. The molecule has 0 aliphatic heterocycles. The summed E-state index contributed by atoms with van der Waals surface area (Å²) in [7, 11) is 3.12. The Balaban J connectivity index is 2.40. The summed E-state index contributed by atoms with van der Waals surface area (Å²) < 4.78 is 15.0. The molecular formula is C10H14ClNO4. The number of methoxy groups -OCH3 is 2. The lowest BCUT2D eigenvalue weighted by Crippen LogP contribution is -2.35. The van der Waals surface area contributed by atoms with Crippen molar-refractivity contribution in [2.45, 2.75) is 6.10 Å². The normalized spacial score (nSPS) is 12.4. The van der Waals surface area contributed by atoms with Gasteiger partial charge in [0.05, 0.1) is 12.7 Å². The standard InChI is InChI=1S/C10H14ClNO4/c1-14-6-7(15-2)5-12-10(13)8-3-4-9(11)16-8/h3-4,7H,5-6H2,1-2H3,(H,12,13). The van der Waals surface area contributed by atoms with E-state index in [2.05, 4.69) is 5.32 Å². The van der Waals surface area contributed by atoms with Gasteiger partial charge in [0.15, 0.2) is 11.0 Å². The number of carbonyl (C=O) groups excluding carboxylic acids is 1. The van der Waals surface area contributed by atoms with Crippen LogP contribution in [-0.2, 0) is 9.47 Å². The van der Waals surface area contributed by atoms with E-state index in [4.69, 9.17) is 25.5 Å². The summed E-state index contributed by atoms with van der Waals surface area (Å²) in [5.41, 5.74) is 0. The van der Waals surface area contributed by atoms with Crippen LogP contribution in [-0.4, -0.2) is 39.4 Å². The van der Waals surface area contributed by atoms with Gasteiger partial charge in [-0.15, -0.1) is 0 Å². The third-order valence-electron chi connectivity index (χ3n) is 1.97. The molecule has 5 nitrogen and oxygen atoms in total. The Bertz CT molecular complexity index is 339. The van der Waals surface area contributed by atoms with E-state index in [0.29, 0.717) is 13.2 Å². The Morgan fingerprint density at radius 2 is 2.31 bits per heavy atom. The average molecular weight is 248 g/mol. The number of furan rings is 1. The summed E-state index contributed by atoms with van der Waals surface area (Å²) in [5, 5.41) is 2.84. The van der Waals surface area contributed by atoms with E-state index in [1.807, 2.05) is 0 Å². The van der Waals surface area contributed by atoms with Crippen molar-refractivity contribution in [3.8, 4) is 0 Å². The maximum absolute atomic E-state index is 11.5. The highest BCUT2D eigenvalue weighted by Gasteiger charge is 2.13. The van der Waals surface area contributed by atoms with Gasteiger partial charge in [-0.25, -0.2) is 0 Å². The van der Waals surface area contributed by atoms with E-state index in [0.717, 1.165) is 0 Å². The van der Waals surface area contributed by atoms with E-state index in [9.17, 15) is 4.79 Å². The minimum absolute atomic E-state index is 0.178. The van der Waals surface area contributed by atoms with Crippen molar-refractivity contribution in [1.29, 1.82) is 0 Å². The molecule has 0 aliphatic carbocycles. The lowest BCUT2D eigenvalue weighted by atomic mass is 10.3. The lowest BCUT2D eigenvalue weighted by molar-refractivity contribution is 0.0283. The molecule has 0 radical (unpaired) electrons. The van der Waals surface area contributed by atoms with Gasteiger partial charge in [-0.05, 0) is 23.7 Å². The number of ether oxygens (including phenoxy) is 2. The van der Waals surface area contributed by atoms with Crippen LogP contribution in [0.4, 0.5) is 0 Å². The zero-order valence-corrected chi connectivity index (χ0v) is 9.91. The summed E-state index contributed by atoms with van der Waals surface area (Å²) in [4.78, 5) is 11.5. The highest BCUT2D eigenvalue weighted by Crippen LogP contribution is 2.12. The molecule has 1 aromatic rings. The Kier molecular flexibility index (Phi) is 5.31. The van der Waals surface area contributed by atoms with E-state index in [1.54, 1.807) is 14.2 Å². The summed E-state index contributed by atoms with van der Waals surface area (Å²) in [6.45, 7) is 0.761. The highest BCUT2D eigenvalue weighted by atomic mass is 35.5. The van der Waals surface area contributed by atoms with Crippen LogP contribution in [0.2, 0.25) is 5.22 Å². The topological polar surface area (TPSA) is 60.7 Å². The van der Waals surface area contributed by atoms with Crippen LogP contribution in [0.3, 0.4) is 0 Å². The molecule has 0 aromatic carbocycles. The molecular weight excluding hydrogens is 234 g/mol. The van der Waals surface area contributed by atoms with Gasteiger partial charge in [-0.1, -0.05) is 0 Å². The van der Waals surface area contributed by atoms with Crippen molar-refractivity contribution in [3.63, 3.8) is 0 Å². The van der Waals surface area contributed by atoms with E-state index in [1.165, 1.54) is 12.1 Å². The molecule has 16 heavy (non-hydrogen) atoms. The Morgan fingerprint density at radius 1 is 1.56 bits per heavy atom. The number of nitrogens with one attached hydrogen (secondary N) is 1. The fourth-order valence-electron chi connectivity index (χ4n) is 1.13. The first-order valence-corrected chi connectivity index (χ1v) is 5.10. The second-order valence-corrected chi connectivity index (χ2v) is 3.50. The van der Waals surface area contributed by atoms with Crippen molar-refractivity contribution < 1.29 is 18.7 Å². The van der Waals surface area contributed by atoms with Crippen LogP contribution in [0.5, 0.6) is 0 Å². The van der Waals surface area contributed by atoms with Gasteiger partial charge in [0.2, 0.25) is 0 Å². The quantitative estimate of drug-likeness (QED) is 0.824. The largest absolute Gasteiger partial charge is 0.440 e. The summed E-state index contributed by atoms with van der Waals surface area (Å²) in [6.07, 6.45) is -0.181. The number of amides is 1. The van der Waals surface area contributed by atoms with Gasteiger partial charge in [0, 0.05) is 20.8 Å². The molecule has 1 heterocycles. The smallest absolute Gasteiger partial charge is 0.287 e. The number of hydrogen-bond donors (Lipinski definition) is 1. The van der Waals surface area contributed by atoms with E-state index in [-0.39, 0.29) is 23.0 Å². The predicted octanol–water partition coefficient (Wildman–Crippen LogP) is 1.32. The maximum atomic E-state index is 11.5. The van der Waals surface area contributed by atoms with Crippen LogP contribution in [0.15, 0.2) is 16.5 Å². The van der Waals surface area contributed by atoms with Crippen LogP contribution in [0, 0.1) is 0 Å². The molecule has 1 amide bonds. The summed E-state index contributed by atoms with van der Waals surface area (Å²) in [5.74, 6) is -0.151. The minimum Gasteiger partial charge on any atom is -0.440 e. The van der Waals surface area contributed by atoms with Gasteiger partial charge in [0.1, 0.15) is 0 Å². The molecule has 1 atom stereocenters. The van der Waals surface area contributed by atoms with Crippen LogP contribution in [0.25, 0.3) is 0 Å². The number of hydrogen-bond acceptors (Lipinski definition) is 4. The number of carbonyl (C=O) groups is 1. The fourth-order valence-corrected chi connectivity index (χ4v) is 1.27. The zero-order valence-electron chi connectivity index (χ0n) is 9.16. The van der Waals surface area contributed by atoms with Crippen molar-refractivity contribution in [3.05, 3.63) is 23.1 Å². The number of halogens is 1. The molecule has 0 aliphatic rings. The molecule has 1 rings (SSSR count). The van der Waals surface area contributed by atoms with Crippen LogP contribution in [0.1, 0.15) is 10.6 Å². The van der Waals surface area contributed by atoms with Gasteiger partial charge in [0.25, 0.3) is 5.91 Å². The molecule has 1 aromatic heterocycles. The molecule has 1 N–H and O–H groups in total. The first-order valence-electron chi connectivity index (χ1n) is 4.72. The first-order chi connectivity index (χ1) is 7.67. The van der Waals surface area contributed by atoms with E-state index < -0.39 is 0 Å². The third kappa shape index (κ3) is 3.84. The van der Waals surface area contributed by atoms with Crippen LogP contribution >= 0.6 is 11.6 Å². The summed E-state index contributed by atoms with van der Waals surface area (Å²) >= 11 is 5.55. The molecule has 0 spiro atoms. The van der Waals surface area contributed by atoms with Crippen molar-refractivity contribution >= 4 is 17.5 Å². The predicted molar refractivity (Wildman–Crippen MR) is 58.7 cm³/mol. The average Bonchev–Trinajstić information content (AvgIpc) is 2.70. The monoisotopic (exact) mass is 247 g/mol. The Hall–Kier alpha value is -1.04. The zero-order chi connectivity index (χ0) is 12.0. The molecule has 0 fully saturated rings. The molecule has 0 saturated carbocycles. The van der Waals surface area contributed by atoms with Crippen molar-refractivity contribution in [2.75, 3.05) is 27.4 Å². The second-order valence-electron chi connectivity index (χ2n) is 3.13. The van der Waals surface area contributed by atoms with Gasteiger partial charge >= 0.3 is 0 Å². The van der Waals surface area contributed by atoms with Gasteiger partial charge in [-0.2, -0.15) is 0 Å². The first kappa shape index (κ1) is 13.0. The van der Waals surface area contributed by atoms with Gasteiger partial charge < -0.3 is 19.2 Å². The maximum Gasteiger partial charge on any atom is 0.287 e. The third-order valence-corrected chi connectivity index (χ3v) is 2.18. The number of rotatable bonds is 6. The fraction of sp³-hybridized carbons (Fsp3) is 0.500. The molecule has 90 valence electrons. The lowest BCUT2D eigenvalue weighted by Gasteiger charge is -2.14. The van der Waals surface area contributed by atoms with Crippen molar-refractivity contribution in [1.82, 2.24) is 5.32 Å². The molecule has 6 heteroatoms. The SMILES string of the molecule is COCC(CNC(=O)c1ccc(Cl)o1)OC. The van der Waals surface area contributed by atoms with E-state index >= 15 is 0 Å².